The van der Waals surface area contributed by atoms with Crippen LogP contribution in [0.4, 0.5) is 10.2 Å². The van der Waals surface area contributed by atoms with E-state index in [0.29, 0.717) is 0 Å². The van der Waals surface area contributed by atoms with Gasteiger partial charge in [0, 0.05) is 12.2 Å². The number of nitrogen functional groups attached to an aromatic ring is 1. The van der Waals surface area contributed by atoms with Gasteiger partial charge in [-0.2, -0.15) is 0 Å². The van der Waals surface area contributed by atoms with Crippen molar-refractivity contribution < 1.29 is 9.18 Å². The van der Waals surface area contributed by atoms with E-state index in [-0.39, 0.29) is 22.8 Å². The van der Waals surface area contributed by atoms with E-state index in [1.807, 2.05) is 0 Å². The number of nitrogens with zero attached hydrogens (tertiary/aromatic N) is 1. The average molecular weight is 266 g/mol. The fraction of sp³-hybridized carbons (Fsp3) is 0.538. The molecule has 1 unspecified atom stereocenters. The number of carbonyl (C=O) groups is 1. The normalized spacial score (nSPS) is 21.2. The zero-order valence-corrected chi connectivity index (χ0v) is 11.2. The summed E-state index contributed by atoms with van der Waals surface area (Å²) in [4.78, 5) is 15.8. The fourth-order valence-corrected chi connectivity index (χ4v) is 2.55. The highest BCUT2D eigenvalue weighted by Gasteiger charge is 2.35. The van der Waals surface area contributed by atoms with E-state index in [1.54, 1.807) is 0 Å². The molecule has 0 saturated heterocycles. The van der Waals surface area contributed by atoms with E-state index in [0.717, 1.165) is 19.3 Å². The first-order valence-electron chi connectivity index (χ1n) is 6.37. The predicted molar refractivity (Wildman–Crippen MR) is 70.9 cm³/mol. The van der Waals surface area contributed by atoms with Crippen LogP contribution in [0.25, 0.3) is 0 Å². The van der Waals surface area contributed by atoms with E-state index in [1.165, 1.54) is 12.3 Å². The van der Waals surface area contributed by atoms with E-state index in [9.17, 15) is 9.18 Å². The van der Waals surface area contributed by atoms with Gasteiger partial charge in [0.2, 0.25) is 0 Å². The highest BCUT2D eigenvalue weighted by Crippen LogP contribution is 2.37. The molecule has 0 bridgehead atoms. The van der Waals surface area contributed by atoms with Crippen LogP contribution in [0.15, 0.2) is 12.3 Å². The summed E-state index contributed by atoms with van der Waals surface area (Å²) < 4.78 is 13.9. The maximum atomic E-state index is 13.9. The van der Waals surface area contributed by atoms with Gasteiger partial charge in [-0.25, -0.2) is 15.2 Å². The monoisotopic (exact) mass is 266 g/mol. The van der Waals surface area contributed by atoms with Crippen LogP contribution in [0.5, 0.6) is 0 Å². The highest BCUT2D eigenvalue weighted by molar-refractivity contribution is 5.95. The molecule has 0 spiro atoms. The molecular weight excluding hydrogens is 247 g/mol. The first-order valence-corrected chi connectivity index (χ1v) is 6.37. The molecule has 6 heteroatoms. The Morgan fingerprint density at radius 2 is 2.32 bits per heavy atom. The molecule has 1 saturated carbocycles. The molecule has 104 valence electrons. The summed E-state index contributed by atoms with van der Waals surface area (Å²) in [6, 6.07) is 1.43. The lowest BCUT2D eigenvalue weighted by Gasteiger charge is -2.27. The third-order valence-corrected chi connectivity index (χ3v) is 3.83. The molecule has 1 amide bonds. The van der Waals surface area contributed by atoms with Gasteiger partial charge in [-0.3, -0.25) is 4.79 Å². The van der Waals surface area contributed by atoms with E-state index < -0.39 is 11.7 Å². The third-order valence-electron chi connectivity index (χ3n) is 3.83. The number of halogens is 1. The van der Waals surface area contributed by atoms with Gasteiger partial charge < -0.3 is 10.7 Å². The number of hydrogen-bond acceptors (Lipinski definition) is 4. The van der Waals surface area contributed by atoms with E-state index in [2.05, 4.69) is 29.6 Å². The van der Waals surface area contributed by atoms with Crippen molar-refractivity contribution in [2.24, 2.45) is 11.3 Å². The topological polar surface area (TPSA) is 80.0 Å². The van der Waals surface area contributed by atoms with Crippen molar-refractivity contribution in [3.05, 3.63) is 23.6 Å². The summed E-state index contributed by atoms with van der Waals surface area (Å²) in [5.74, 6) is 3.87. The molecule has 1 heterocycles. The second-order valence-corrected chi connectivity index (χ2v) is 5.57. The lowest BCUT2D eigenvalue weighted by Crippen LogP contribution is -2.41. The van der Waals surface area contributed by atoms with Crippen molar-refractivity contribution in [2.45, 2.75) is 39.2 Å². The van der Waals surface area contributed by atoms with Crippen LogP contribution in [-0.2, 0) is 0 Å². The van der Waals surface area contributed by atoms with Gasteiger partial charge >= 0.3 is 0 Å². The third kappa shape index (κ3) is 2.68. The maximum Gasteiger partial charge on any atom is 0.254 e. The van der Waals surface area contributed by atoms with Gasteiger partial charge in [-0.1, -0.05) is 20.3 Å². The number of nitrogens with one attached hydrogen (secondary N) is 2. The zero-order valence-electron chi connectivity index (χ0n) is 11.2. The van der Waals surface area contributed by atoms with Crippen molar-refractivity contribution in [3.8, 4) is 0 Å². The Kier molecular flexibility index (Phi) is 3.71. The standard InChI is InChI=1S/C13H19FN4O/c1-13(2)6-3-4-9(13)17-12(19)8-5-7-16-11(18-15)10(8)14/h5,7,9H,3-4,6,15H2,1-2H3,(H,16,18)(H,17,19). The molecule has 0 radical (unpaired) electrons. The number of nitrogens with two attached hydrogens (primary N) is 1. The average Bonchev–Trinajstić information content (AvgIpc) is 2.69. The molecule has 1 atom stereocenters. The summed E-state index contributed by atoms with van der Waals surface area (Å²) in [5, 5.41) is 2.90. The Labute approximate surface area is 111 Å². The Morgan fingerprint density at radius 1 is 1.58 bits per heavy atom. The smallest absolute Gasteiger partial charge is 0.254 e. The van der Waals surface area contributed by atoms with Crippen molar-refractivity contribution >= 4 is 11.7 Å². The highest BCUT2D eigenvalue weighted by atomic mass is 19.1. The van der Waals surface area contributed by atoms with Crippen molar-refractivity contribution in [3.63, 3.8) is 0 Å². The van der Waals surface area contributed by atoms with Crippen molar-refractivity contribution in [1.82, 2.24) is 10.3 Å². The Bertz CT molecular complexity index is 490. The van der Waals surface area contributed by atoms with Crippen LogP contribution in [-0.4, -0.2) is 16.9 Å². The molecule has 4 N–H and O–H groups in total. The summed E-state index contributed by atoms with van der Waals surface area (Å²) in [6.07, 6.45) is 4.42. The van der Waals surface area contributed by atoms with Gasteiger partial charge in [0.15, 0.2) is 11.6 Å². The lowest BCUT2D eigenvalue weighted by molar-refractivity contribution is 0.0906. The van der Waals surface area contributed by atoms with Crippen molar-refractivity contribution in [1.29, 1.82) is 0 Å². The van der Waals surface area contributed by atoms with Gasteiger partial charge in [0.05, 0.1) is 5.56 Å². The molecule has 1 aliphatic carbocycles. The van der Waals surface area contributed by atoms with E-state index >= 15 is 0 Å². The molecule has 1 aliphatic rings. The van der Waals surface area contributed by atoms with Crippen molar-refractivity contribution in [2.75, 3.05) is 5.43 Å². The van der Waals surface area contributed by atoms with E-state index in [4.69, 9.17) is 5.84 Å². The fourth-order valence-electron chi connectivity index (χ4n) is 2.55. The van der Waals surface area contributed by atoms with Gasteiger partial charge in [-0.15, -0.1) is 0 Å². The number of aromatic nitrogens is 1. The molecule has 5 nitrogen and oxygen atoms in total. The Balaban J connectivity index is 2.17. The van der Waals surface area contributed by atoms with Crippen LogP contribution in [0, 0.1) is 11.2 Å². The zero-order chi connectivity index (χ0) is 14.0. The lowest BCUT2D eigenvalue weighted by atomic mass is 9.87. The number of hydrogen-bond donors (Lipinski definition) is 3. The quantitative estimate of drug-likeness (QED) is 0.576. The van der Waals surface area contributed by atoms with Crippen LogP contribution in [0.2, 0.25) is 0 Å². The number of pyridine rings is 1. The molecule has 1 aromatic heterocycles. The minimum atomic E-state index is -0.724. The summed E-state index contributed by atoms with van der Waals surface area (Å²) in [5.41, 5.74) is 2.15. The van der Waals surface area contributed by atoms with Crippen LogP contribution >= 0.6 is 0 Å². The first-order chi connectivity index (χ1) is 8.95. The minimum absolute atomic E-state index is 0.0364. The van der Waals surface area contributed by atoms with Crippen LogP contribution in [0.3, 0.4) is 0 Å². The minimum Gasteiger partial charge on any atom is -0.349 e. The maximum absolute atomic E-state index is 13.9. The SMILES string of the molecule is CC1(C)CCCC1NC(=O)c1ccnc(NN)c1F. The van der Waals surface area contributed by atoms with Crippen LogP contribution in [0.1, 0.15) is 43.5 Å². The summed E-state index contributed by atoms with van der Waals surface area (Å²) >= 11 is 0. The number of amides is 1. The molecule has 2 rings (SSSR count). The van der Waals surface area contributed by atoms with Gasteiger partial charge in [0.25, 0.3) is 5.91 Å². The second-order valence-electron chi connectivity index (χ2n) is 5.57. The largest absolute Gasteiger partial charge is 0.349 e. The van der Waals surface area contributed by atoms with Gasteiger partial charge in [0.1, 0.15) is 0 Å². The number of anilines is 1. The Morgan fingerprint density at radius 3 is 2.89 bits per heavy atom. The molecule has 0 aliphatic heterocycles. The summed E-state index contributed by atoms with van der Waals surface area (Å²) in [7, 11) is 0. The van der Waals surface area contributed by atoms with Crippen LogP contribution < -0.4 is 16.6 Å². The molecular formula is C13H19FN4O. The summed E-state index contributed by atoms with van der Waals surface area (Å²) in [6.45, 7) is 4.22. The second kappa shape index (κ2) is 5.13. The van der Waals surface area contributed by atoms with Gasteiger partial charge in [-0.05, 0) is 24.3 Å². The number of hydrazine groups is 1. The molecule has 1 fully saturated rings. The molecule has 0 aromatic carbocycles. The predicted octanol–water partition coefficient (Wildman–Crippen LogP) is 1.81. The molecule has 19 heavy (non-hydrogen) atoms. The number of carbonyl (C=O) groups excluding carboxylic acids is 1. The number of rotatable bonds is 3. The molecule has 1 aromatic rings. The Hall–Kier alpha value is -1.69. The first kappa shape index (κ1) is 13.7.